The molecule has 0 aliphatic heterocycles. The zero-order valence-electron chi connectivity index (χ0n) is 12.9. The molecule has 0 aliphatic rings. The van der Waals surface area contributed by atoms with Crippen molar-refractivity contribution in [2.45, 2.75) is 46.0 Å². The fraction of sp³-hybridized carbons (Fsp3) is 0.368. The normalized spacial score (nSPS) is 12.7. The van der Waals surface area contributed by atoms with E-state index in [0.717, 1.165) is 0 Å². The van der Waals surface area contributed by atoms with Crippen molar-refractivity contribution >= 4 is 31.5 Å². The molecule has 0 fully saturated rings. The minimum Gasteiger partial charge on any atom is -0.135 e. The molecule has 0 spiro atoms. The van der Waals surface area contributed by atoms with Crippen LogP contribution in [0.15, 0.2) is 36.4 Å². The highest BCUT2D eigenvalue weighted by Gasteiger charge is 2.15. The highest BCUT2D eigenvalue weighted by atomic mass is 32.1. The second-order valence-corrected chi connectivity index (χ2v) is 8.06. The second-order valence-electron chi connectivity index (χ2n) is 6.97. The highest BCUT2D eigenvalue weighted by Crippen LogP contribution is 2.37. The number of hydrogen-bond donors (Lipinski definition) is 0. The van der Waals surface area contributed by atoms with Gasteiger partial charge in [0.05, 0.1) is 0 Å². The van der Waals surface area contributed by atoms with Gasteiger partial charge in [-0.1, -0.05) is 46.8 Å². The van der Waals surface area contributed by atoms with Gasteiger partial charge < -0.3 is 0 Å². The van der Waals surface area contributed by atoms with E-state index in [0.29, 0.717) is 5.92 Å². The number of rotatable bonds is 1. The summed E-state index contributed by atoms with van der Waals surface area (Å²) in [4.78, 5) is 0. The van der Waals surface area contributed by atoms with Crippen molar-refractivity contribution < 1.29 is 0 Å². The molecular formula is C19H22S. The van der Waals surface area contributed by atoms with Gasteiger partial charge in [0, 0.05) is 20.2 Å². The summed E-state index contributed by atoms with van der Waals surface area (Å²) in [6, 6.07) is 13.9. The molecule has 1 heterocycles. The zero-order valence-corrected chi connectivity index (χ0v) is 13.8. The van der Waals surface area contributed by atoms with Crippen molar-refractivity contribution in [3.63, 3.8) is 0 Å². The largest absolute Gasteiger partial charge is 0.135 e. The van der Waals surface area contributed by atoms with Gasteiger partial charge in [-0.25, -0.2) is 0 Å². The van der Waals surface area contributed by atoms with E-state index in [-0.39, 0.29) is 5.41 Å². The quantitative estimate of drug-likeness (QED) is 0.479. The molecule has 3 aromatic rings. The molecule has 0 atom stereocenters. The Hall–Kier alpha value is -1.34. The summed E-state index contributed by atoms with van der Waals surface area (Å²) in [5.41, 5.74) is 3.05. The van der Waals surface area contributed by atoms with Gasteiger partial charge in [-0.05, 0) is 46.7 Å². The smallest absolute Gasteiger partial charge is 0.0355 e. The number of thiophene rings is 1. The Morgan fingerprint density at radius 2 is 1.45 bits per heavy atom. The molecule has 0 amide bonds. The van der Waals surface area contributed by atoms with E-state index in [1.807, 2.05) is 11.3 Å². The van der Waals surface area contributed by atoms with Crippen molar-refractivity contribution in [3.8, 4) is 0 Å². The van der Waals surface area contributed by atoms with E-state index in [2.05, 4.69) is 71.0 Å². The van der Waals surface area contributed by atoms with Crippen molar-refractivity contribution in [2.75, 3.05) is 0 Å². The topological polar surface area (TPSA) is 0 Å². The van der Waals surface area contributed by atoms with Gasteiger partial charge in [-0.15, -0.1) is 11.3 Å². The maximum Gasteiger partial charge on any atom is 0.0355 e. The molecule has 0 nitrogen and oxygen atoms in total. The van der Waals surface area contributed by atoms with Crippen LogP contribution in [0.3, 0.4) is 0 Å². The Balaban J connectivity index is 2.31. The Morgan fingerprint density at radius 1 is 0.850 bits per heavy atom. The summed E-state index contributed by atoms with van der Waals surface area (Å²) in [7, 11) is 0. The van der Waals surface area contributed by atoms with Crippen LogP contribution in [0.25, 0.3) is 20.2 Å². The molecule has 2 aromatic carbocycles. The predicted molar refractivity (Wildman–Crippen MR) is 92.1 cm³/mol. The van der Waals surface area contributed by atoms with Crippen molar-refractivity contribution in [3.05, 3.63) is 47.5 Å². The second kappa shape index (κ2) is 4.60. The molecule has 0 N–H and O–H groups in total. The molecule has 3 rings (SSSR count). The molecular weight excluding hydrogens is 260 g/mol. The van der Waals surface area contributed by atoms with Crippen LogP contribution >= 0.6 is 11.3 Å². The van der Waals surface area contributed by atoms with E-state index in [1.54, 1.807) is 0 Å². The van der Waals surface area contributed by atoms with E-state index in [4.69, 9.17) is 0 Å². The first kappa shape index (κ1) is 13.6. The summed E-state index contributed by atoms with van der Waals surface area (Å²) in [6.07, 6.45) is 0. The van der Waals surface area contributed by atoms with Gasteiger partial charge in [-0.2, -0.15) is 0 Å². The molecule has 0 unspecified atom stereocenters. The van der Waals surface area contributed by atoms with E-state index >= 15 is 0 Å². The fourth-order valence-electron chi connectivity index (χ4n) is 2.62. The van der Waals surface area contributed by atoms with Crippen molar-refractivity contribution in [1.29, 1.82) is 0 Å². The number of fused-ring (bicyclic) bond motifs is 3. The number of benzene rings is 2. The first-order valence-corrected chi connectivity index (χ1v) is 8.14. The average Bonchev–Trinajstić information content (AvgIpc) is 2.74. The van der Waals surface area contributed by atoms with Crippen LogP contribution in [0.2, 0.25) is 0 Å². The van der Waals surface area contributed by atoms with E-state index in [9.17, 15) is 0 Å². The van der Waals surface area contributed by atoms with Crippen LogP contribution in [0.4, 0.5) is 0 Å². The van der Waals surface area contributed by atoms with Crippen molar-refractivity contribution in [1.82, 2.24) is 0 Å². The summed E-state index contributed by atoms with van der Waals surface area (Å²) in [5.74, 6) is 0.583. The lowest BCUT2D eigenvalue weighted by molar-refractivity contribution is 0.591. The third-order valence-electron chi connectivity index (χ3n) is 4.03. The van der Waals surface area contributed by atoms with Crippen molar-refractivity contribution in [2.24, 2.45) is 0 Å². The van der Waals surface area contributed by atoms with Crippen LogP contribution in [-0.2, 0) is 5.41 Å². The maximum atomic E-state index is 2.39. The maximum absolute atomic E-state index is 2.39. The molecule has 0 aliphatic carbocycles. The fourth-order valence-corrected chi connectivity index (χ4v) is 3.69. The highest BCUT2D eigenvalue weighted by molar-refractivity contribution is 7.25. The monoisotopic (exact) mass is 282 g/mol. The van der Waals surface area contributed by atoms with Gasteiger partial charge in [0.25, 0.3) is 0 Å². The van der Waals surface area contributed by atoms with Gasteiger partial charge >= 0.3 is 0 Å². The molecule has 0 bridgehead atoms. The molecule has 1 aromatic heterocycles. The van der Waals surface area contributed by atoms with Crippen LogP contribution in [0.5, 0.6) is 0 Å². The Morgan fingerprint density at radius 3 is 2.05 bits per heavy atom. The Bertz CT molecular complexity index is 769. The third-order valence-corrected chi connectivity index (χ3v) is 5.18. The molecule has 0 saturated heterocycles. The molecule has 0 radical (unpaired) electrons. The van der Waals surface area contributed by atoms with Gasteiger partial charge in [-0.3, -0.25) is 0 Å². The molecule has 1 heteroatoms. The summed E-state index contributed by atoms with van der Waals surface area (Å²) >= 11 is 1.90. The number of hydrogen-bond acceptors (Lipinski definition) is 1. The van der Waals surface area contributed by atoms with Gasteiger partial charge in [0.2, 0.25) is 0 Å². The minimum absolute atomic E-state index is 0.206. The summed E-state index contributed by atoms with van der Waals surface area (Å²) < 4.78 is 2.80. The van der Waals surface area contributed by atoms with E-state index < -0.39 is 0 Å². The molecule has 20 heavy (non-hydrogen) atoms. The van der Waals surface area contributed by atoms with Crippen LogP contribution in [0.1, 0.15) is 51.7 Å². The standard InChI is InChI=1S/C19H22S/c1-12(2)13-6-8-17-15(10-13)16-11-14(19(3,4)5)7-9-18(16)20-17/h6-12H,1-5H3. The minimum atomic E-state index is 0.206. The van der Waals surface area contributed by atoms with Crippen LogP contribution in [-0.4, -0.2) is 0 Å². The SMILES string of the molecule is CC(C)c1ccc2sc3ccc(C(C)(C)C)cc3c2c1. The lowest BCUT2D eigenvalue weighted by atomic mass is 9.86. The van der Waals surface area contributed by atoms with Gasteiger partial charge in [0.1, 0.15) is 0 Å². The summed E-state index contributed by atoms with van der Waals surface area (Å²) in [5, 5.41) is 2.84. The first-order chi connectivity index (χ1) is 9.36. The van der Waals surface area contributed by atoms with Crippen LogP contribution in [0, 0.1) is 0 Å². The average molecular weight is 282 g/mol. The van der Waals surface area contributed by atoms with Crippen LogP contribution < -0.4 is 0 Å². The van der Waals surface area contributed by atoms with E-state index in [1.165, 1.54) is 31.3 Å². The lowest BCUT2D eigenvalue weighted by Crippen LogP contribution is -2.10. The third kappa shape index (κ3) is 2.25. The zero-order chi connectivity index (χ0) is 14.5. The molecule has 104 valence electrons. The summed E-state index contributed by atoms with van der Waals surface area (Å²) in [6.45, 7) is 11.4. The Kier molecular flexibility index (Phi) is 3.13. The van der Waals surface area contributed by atoms with Gasteiger partial charge in [0.15, 0.2) is 0 Å². The molecule has 0 saturated carbocycles. The Labute approximate surface area is 125 Å². The first-order valence-electron chi connectivity index (χ1n) is 7.33. The lowest BCUT2D eigenvalue weighted by Gasteiger charge is -2.18. The predicted octanol–water partition coefficient (Wildman–Crippen LogP) is 6.48.